The Kier molecular flexibility index (Phi) is 6.87. The number of rotatable bonds is 5. The van der Waals surface area contributed by atoms with E-state index in [0.717, 1.165) is 4.47 Å². The monoisotopic (exact) mass is 420 g/mol. The van der Waals surface area contributed by atoms with E-state index in [9.17, 15) is 22.8 Å². The van der Waals surface area contributed by atoms with Crippen LogP contribution in [-0.4, -0.2) is 30.6 Å². The summed E-state index contributed by atoms with van der Waals surface area (Å²) in [6.45, 7) is 0.135. The van der Waals surface area contributed by atoms with E-state index in [2.05, 4.69) is 26.6 Å². The molecule has 0 aliphatic heterocycles. The topological polar surface area (TPSA) is 58.2 Å². The third kappa shape index (κ3) is 6.34. The van der Waals surface area contributed by atoms with Gasteiger partial charge in [0, 0.05) is 29.0 Å². The van der Waals surface area contributed by atoms with E-state index in [0.29, 0.717) is 18.4 Å². The minimum atomic E-state index is -4.21. The lowest BCUT2D eigenvalue weighted by molar-refractivity contribution is -0.184. The summed E-state index contributed by atoms with van der Waals surface area (Å²) in [6, 6.07) is 6.33. The number of nitrogens with one attached hydrogen (secondary N) is 2. The van der Waals surface area contributed by atoms with Crippen LogP contribution in [0.2, 0.25) is 0 Å². The number of hydrogen-bond donors (Lipinski definition) is 2. The molecule has 4 nitrogen and oxygen atoms in total. The summed E-state index contributed by atoms with van der Waals surface area (Å²) in [5.74, 6) is -1.98. The predicted molar refractivity (Wildman–Crippen MR) is 91.0 cm³/mol. The van der Waals surface area contributed by atoms with Gasteiger partial charge in [-0.1, -0.05) is 22.4 Å². The second-order valence-corrected chi connectivity index (χ2v) is 7.10. The van der Waals surface area contributed by atoms with E-state index in [4.69, 9.17) is 0 Å². The van der Waals surface area contributed by atoms with Gasteiger partial charge in [0.15, 0.2) is 0 Å². The Morgan fingerprint density at radius 3 is 2.48 bits per heavy atom. The molecule has 2 atom stereocenters. The fourth-order valence-corrected chi connectivity index (χ4v) is 3.18. The van der Waals surface area contributed by atoms with E-state index in [1.54, 1.807) is 24.3 Å². The summed E-state index contributed by atoms with van der Waals surface area (Å²) in [6.07, 6.45) is -3.10. The number of carbonyl (C=O) groups is 2. The van der Waals surface area contributed by atoms with Crippen LogP contribution in [0.1, 0.15) is 42.5 Å². The Hall–Kier alpha value is -1.57. The van der Waals surface area contributed by atoms with Gasteiger partial charge in [0.05, 0.1) is 5.92 Å². The molecular weight excluding hydrogens is 401 g/mol. The van der Waals surface area contributed by atoms with E-state index >= 15 is 0 Å². The highest BCUT2D eigenvalue weighted by Gasteiger charge is 2.42. The molecule has 0 saturated heterocycles. The Morgan fingerprint density at radius 1 is 1.16 bits per heavy atom. The average Bonchev–Trinajstić information content (AvgIpc) is 2.55. The smallest absolute Gasteiger partial charge is 0.353 e. The first-order valence-corrected chi connectivity index (χ1v) is 8.95. The third-order valence-electron chi connectivity index (χ3n) is 4.25. The molecule has 0 heterocycles. The fourth-order valence-electron chi connectivity index (χ4n) is 2.91. The molecule has 1 aromatic carbocycles. The van der Waals surface area contributed by atoms with Gasteiger partial charge in [-0.2, -0.15) is 13.2 Å². The summed E-state index contributed by atoms with van der Waals surface area (Å²) >= 11 is 3.27. The predicted octanol–water partition coefficient (Wildman–Crippen LogP) is 3.81. The Morgan fingerprint density at radius 2 is 1.84 bits per heavy atom. The molecule has 0 radical (unpaired) electrons. The molecule has 1 aliphatic carbocycles. The number of carbonyl (C=O) groups excluding carboxylic acids is 2. The summed E-state index contributed by atoms with van der Waals surface area (Å²) in [5, 5.41) is 5.27. The summed E-state index contributed by atoms with van der Waals surface area (Å²) < 4.78 is 39.2. The van der Waals surface area contributed by atoms with Crippen LogP contribution in [0.25, 0.3) is 0 Å². The zero-order valence-corrected chi connectivity index (χ0v) is 15.1. The van der Waals surface area contributed by atoms with Gasteiger partial charge in [0.2, 0.25) is 5.91 Å². The Labute approximate surface area is 152 Å². The molecule has 1 saturated carbocycles. The lowest BCUT2D eigenvalue weighted by atomic mass is 9.85. The molecule has 1 aliphatic rings. The van der Waals surface area contributed by atoms with Crippen molar-refractivity contribution in [2.75, 3.05) is 6.54 Å². The van der Waals surface area contributed by atoms with Crippen LogP contribution in [-0.2, 0) is 4.79 Å². The number of hydrogen-bond acceptors (Lipinski definition) is 2. The largest absolute Gasteiger partial charge is 0.391 e. The lowest BCUT2D eigenvalue weighted by Crippen LogP contribution is -2.42. The van der Waals surface area contributed by atoms with Crippen molar-refractivity contribution in [3.63, 3.8) is 0 Å². The van der Waals surface area contributed by atoms with Crippen LogP contribution in [0.4, 0.5) is 13.2 Å². The standard InChI is InChI=1S/C17H20BrF3N2O2/c18-13-6-4-11(5-7-13)16(25)22-9-8-15(24)23-14-3-1-2-12(10-14)17(19,20)21/h4-7,12,14H,1-3,8-10H2,(H,22,25)(H,23,24). The van der Waals surface area contributed by atoms with E-state index < -0.39 is 18.1 Å². The van der Waals surface area contributed by atoms with Crippen molar-refractivity contribution < 1.29 is 22.8 Å². The van der Waals surface area contributed by atoms with Crippen LogP contribution in [0.3, 0.4) is 0 Å². The maximum Gasteiger partial charge on any atom is 0.391 e. The SMILES string of the molecule is O=C(CCNC(=O)c1ccc(Br)cc1)NC1CCCC(C(F)(F)F)C1. The normalized spacial score (nSPS) is 20.8. The minimum Gasteiger partial charge on any atom is -0.353 e. The zero-order chi connectivity index (χ0) is 18.4. The highest BCUT2D eigenvalue weighted by molar-refractivity contribution is 9.10. The van der Waals surface area contributed by atoms with Gasteiger partial charge in [-0.05, 0) is 43.5 Å². The summed E-state index contributed by atoms with van der Waals surface area (Å²) in [4.78, 5) is 23.8. The third-order valence-corrected chi connectivity index (χ3v) is 4.77. The fraction of sp³-hybridized carbons (Fsp3) is 0.529. The Balaban J connectivity index is 1.72. The van der Waals surface area contributed by atoms with Gasteiger partial charge in [-0.15, -0.1) is 0 Å². The molecular formula is C17H20BrF3N2O2. The van der Waals surface area contributed by atoms with Gasteiger partial charge in [-0.3, -0.25) is 9.59 Å². The van der Waals surface area contributed by atoms with Crippen molar-refractivity contribution in [3.05, 3.63) is 34.3 Å². The van der Waals surface area contributed by atoms with Crippen molar-refractivity contribution in [1.29, 1.82) is 0 Å². The minimum absolute atomic E-state index is 0.0372. The van der Waals surface area contributed by atoms with E-state index in [-0.39, 0.29) is 37.6 Å². The molecule has 0 spiro atoms. The Bertz CT molecular complexity index is 605. The van der Waals surface area contributed by atoms with Crippen LogP contribution in [0.15, 0.2) is 28.7 Å². The van der Waals surface area contributed by atoms with Gasteiger partial charge < -0.3 is 10.6 Å². The first kappa shape index (κ1) is 19.8. The lowest BCUT2D eigenvalue weighted by Gasteiger charge is -2.31. The number of amides is 2. The van der Waals surface area contributed by atoms with Crippen molar-refractivity contribution in [2.24, 2.45) is 5.92 Å². The van der Waals surface area contributed by atoms with Crippen LogP contribution in [0, 0.1) is 5.92 Å². The maximum atomic E-state index is 12.8. The first-order chi connectivity index (χ1) is 11.8. The molecule has 1 aromatic rings. The summed E-state index contributed by atoms with van der Waals surface area (Å²) in [5.41, 5.74) is 0.476. The van der Waals surface area contributed by atoms with Gasteiger partial charge in [0.25, 0.3) is 5.91 Å². The highest BCUT2D eigenvalue weighted by atomic mass is 79.9. The second-order valence-electron chi connectivity index (χ2n) is 6.18. The number of alkyl halides is 3. The quantitative estimate of drug-likeness (QED) is 0.760. The van der Waals surface area contributed by atoms with Gasteiger partial charge in [0.1, 0.15) is 0 Å². The van der Waals surface area contributed by atoms with Crippen molar-refractivity contribution in [3.8, 4) is 0 Å². The molecule has 8 heteroatoms. The average molecular weight is 421 g/mol. The molecule has 25 heavy (non-hydrogen) atoms. The van der Waals surface area contributed by atoms with Crippen LogP contribution >= 0.6 is 15.9 Å². The van der Waals surface area contributed by atoms with Crippen molar-refractivity contribution in [2.45, 2.75) is 44.3 Å². The van der Waals surface area contributed by atoms with E-state index in [1.807, 2.05) is 0 Å². The first-order valence-electron chi connectivity index (χ1n) is 8.15. The van der Waals surface area contributed by atoms with Crippen LogP contribution in [0.5, 0.6) is 0 Å². The molecule has 2 amide bonds. The summed E-state index contributed by atoms with van der Waals surface area (Å²) in [7, 11) is 0. The number of benzene rings is 1. The number of halogens is 4. The highest BCUT2D eigenvalue weighted by Crippen LogP contribution is 2.37. The molecule has 0 bridgehead atoms. The van der Waals surface area contributed by atoms with E-state index in [1.165, 1.54) is 0 Å². The molecule has 2 unspecified atom stereocenters. The molecule has 2 rings (SSSR count). The zero-order valence-electron chi connectivity index (χ0n) is 13.5. The molecule has 138 valence electrons. The van der Waals surface area contributed by atoms with Gasteiger partial charge >= 0.3 is 6.18 Å². The maximum absolute atomic E-state index is 12.8. The molecule has 0 aromatic heterocycles. The molecule has 2 N–H and O–H groups in total. The molecule has 1 fully saturated rings. The van der Waals surface area contributed by atoms with Crippen molar-refractivity contribution >= 4 is 27.7 Å². The van der Waals surface area contributed by atoms with Crippen molar-refractivity contribution in [1.82, 2.24) is 10.6 Å². The van der Waals surface area contributed by atoms with Gasteiger partial charge in [-0.25, -0.2) is 0 Å². The van der Waals surface area contributed by atoms with Crippen LogP contribution < -0.4 is 10.6 Å². The second kappa shape index (κ2) is 8.69.